The van der Waals surface area contributed by atoms with E-state index in [1.54, 1.807) is 0 Å². The zero-order chi connectivity index (χ0) is 16.8. The minimum atomic E-state index is -0.473. The lowest BCUT2D eigenvalue weighted by molar-refractivity contribution is -0.124. The number of carbonyl (C=O) groups is 1. The van der Waals surface area contributed by atoms with Crippen LogP contribution in [0.1, 0.15) is 37.8 Å². The minimum Gasteiger partial charge on any atom is -0.491 e. The molecule has 1 amide bonds. The SMILES string of the molecule is Cc1ccc(CNC(=O)C(N)C2CCOCC2)c(OC(C)C)c1.Cl. The van der Waals surface area contributed by atoms with E-state index in [2.05, 4.69) is 5.32 Å². The van der Waals surface area contributed by atoms with Crippen LogP contribution in [-0.4, -0.2) is 31.3 Å². The van der Waals surface area contributed by atoms with Gasteiger partial charge in [-0.2, -0.15) is 0 Å². The molecule has 2 rings (SSSR count). The van der Waals surface area contributed by atoms with Crippen LogP contribution in [0.15, 0.2) is 18.2 Å². The highest BCUT2D eigenvalue weighted by atomic mass is 35.5. The maximum Gasteiger partial charge on any atom is 0.237 e. The van der Waals surface area contributed by atoms with Crippen molar-refractivity contribution in [3.63, 3.8) is 0 Å². The fraction of sp³-hybridized carbons (Fsp3) is 0.611. The van der Waals surface area contributed by atoms with E-state index < -0.39 is 6.04 Å². The Balaban J connectivity index is 0.00000288. The number of aryl methyl sites for hydroxylation is 1. The van der Waals surface area contributed by atoms with E-state index in [0.29, 0.717) is 19.8 Å². The van der Waals surface area contributed by atoms with E-state index >= 15 is 0 Å². The molecule has 1 saturated heterocycles. The van der Waals surface area contributed by atoms with Gasteiger partial charge >= 0.3 is 0 Å². The van der Waals surface area contributed by atoms with E-state index in [9.17, 15) is 4.79 Å². The standard InChI is InChI=1S/C18H28N2O3.ClH/c1-12(2)23-16-10-13(3)4-5-15(16)11-20-18(21)17(19)14-6-8-22-9-7-14;/h4-5,10,12,14,17H,6-9,11,19H2,1-3H3,(H,20,21);1H. The fourth-order valence-electron chi connectivity index (χ4n) is 2.76. The quantitative estimate of drug-likeness (QED) is 0.821. The topological polar surface area (TPSA) is 73.6 Å². The summed E-state index contributed by atoms with van der Waals surface area (Å²) in [6, 6.07) is 5.54. The van der Waals surface area contributed by atoms with Crippen molar-refractivity contribution in [2.75, 3.05) is 13.2 Å². The summed E-state index contributed by atoms with van der Waals surface area (Å²) in [6.07, 6.45) is 1.79. The summed E-state index contributed by atoms with van der Waals surface area (Å²) in [5.41, 5.74) is 8.20. The van der Waals surface area contributed by atoms with Crippen LogP contribution in [0.2, 0.25) is 0 Å². The van der Waals surface area contributed by atoms with Crippen molar-refractivity contribution >= 4 is 18.3 Å². The zero-order valence-electron chi connectivity index (χ0n) is 14.7. The van der Waals surface area contributed by atoms with Gasteiger partial charge in [-0.3, -0.25) is 4.79 Å². The second kappa shape index (κ2) is 9.87. The molecule has 1 aromatic rings. The average molecular weight is 357 g/mol. The normalized spacial score (nSPS) is 16.4. The molecule has 1 heterocycles. The van der Waals surface area contributed by atoms with Gasteiger partial charge in [0.25, 0.3) is 0 Å². The number of nitrogens with two attached hydrogens (primary N) is 1. The van der Waals surface area contributed by atoms with Gasteiger partial charge in [0, 0.05) is 25.3 Å². The summed E-state index contributed by atoms with van der Waals surface area (Å²) in [4.78, 5) is 12.3. The molecule has 1 aliphatic rings. The number of hydrogen-bond acceptors (Lipinski definition) is 4. The molecule has 136 valence electrons. The Bertz CT molecular complexity index is 531. The van der Waals surface area contributed by atoms with Gasteiger partial charge in [0.1, 0.15) is 5.75 Å². The van der Waals surface area contributed by atoms with Crippen LogP contribution < -0.4 is 15.8 Å². The van der Waals surface area contributed by atoms with Crippen LogP contribution in [0.3, 0.4) is 0 Å². The zero-order valence-corrected chi connectivity index (χ0v) is 15.5. The largest absolute Gasteiger partial charge is 0.491 e. The Morgan fingerprint density at radius 2 is 2.04 bits per heavy atom. The van der Waals surface area contributed by atoms with Gasteiger partial charge in [-0.05, 0) is 51.2 Å². The number of nitrogens with one attached hydrogen (secondary N) is 1. The Hall–Kier alpha value is -1.30. The molecular weight excluding hydrogens is 328 g/mol. The first-order chi connectivity index (χ1) is 11.0. The molecule has 1 aliphatic heterocycles. The van der Waals surface area contributed by atoms with E-state index in [1.165, 1.54) is 0 Å². The van der Waals surface area contributed by atoms with Crippen LogP contribution in [0.25, 0.3) is 0 Å². The van der Waals surface area contributed by atoms with Crippen molar-refractivity contribution in [3.05, 3.63) is 29.3 Å². The highest BCUT2D eigenvalue weighted by Crippen LogP contribution is 2.22. The van der Waals surface area contributed by atoms with Crippen LogP contribution in [-0.2, 0) is 16.1 Å². The number of amides is 1. The third-order valence-electron chi connectivity index (χ3n) is 4.11. The fourth-order valence-corrected chi connectivity index (χ4v) is 2.76. The first-order valence-electron chi connectivity index (χ1n) is 8.34. The predicted octanol–water partition coefficient (Wildman–Crippen LogP) is 2.57. The Labute approximate surface area is 150 Å². The molecule has 1 unspecified atom stereocenters. The summed E-state index contributed by atoms with van der Waals surface area (Å²) in [7, 11) is 0. The number of ether oxygens (including phenoxy) is 2. The lowest BCUT2D eigenvalue weighted by atomic mass is 9.92. The maximum atomic E-state index is 12.3. The van der Waals surface area contributed by atoms with Crippen molar-refractivity contribution in [1.82, 2.24) is 5.32 Å². The van der Waals surface area contributed by atoms with Crippen LogP contribution >= 0.6 is 12.4 Å². The molecule has 5 nitrogen and oxygen atoms in total. The summed E-state index contributed by atoms with van der Waals surface area (Å²) in [6.45, 7) is 7.82. The van der Waals surface area contributed by atoms with Gasteiger partial charge in [-0.15, -0.1) is 12.4 Å². The second-order valence-electron chi connectivity index (χ2n) is 6.47. The summed E-state index contributed by atoms with van der Waals surface area (Å²) >= 11 is 0. The molecule has 0 spiro atoms. The molecule has 0 bridgehead atoms. The van der Waals surface area contributed by atoms with Gasteiger partial charge in [0.15, 0.2) is 0 Å². The lowest BCUT2D eigenvalue weighted by Crippen LogP contribution is -2.46. The van der Waals surface area contributed by atoms with E-state index in [1.807, 2.05) is 39.0 Å². The number of rotatable bonds is 6. The molecule has 3 N–H and O–H groups in total. The average Bonchev–Trinajstić information content (AvgIpc) is 2.53. The first-order valence-corrected chi connectivity index (χ1v) is 8.34. The van der Waals surface area contributed by atoms with Crippen molar-refractivity contribution in [1.29, 1.82) is 0 Å². The van der Waals surface area contributed by atoms with Gasteiger partial charge in [0.2, 0.25) is 5.91 Å². The van der Waals surface area contributed by atoms with Gasteiger partial charge < -0.3 is 20.5 Å². The molecule has 0 saturated carbocycles. The lowest BCUT2D eigenvalue weighted by Gasteiger charge is -2.26. The van der Waals surface area contributed by atoms with Crippen LogP contribution in [0.5, 0.6) is 5.75 Å². The molecular formula is C18H29ClN2O3. The monoisotopic (exact) mass is 356 g/mol. The second-order valence-corrected chi connectivity index (χ2v) is 6.47. The minimum absolute atomic E-state index is 0. The van der Waals surface area contributed by atoms with Crippen molar-refractivity contribution < 1.29 is 14.3 Å². The van der Waals surface area contributed by atoms with Crippen molar-refractivity contribution in [2.24, 2.45) is 11.7 Å². The number of benzene rings is 1. The first kappa shape index (κ1) is 20.7. The Morgan fingerprint density at radius 3 is 2.67 bits per heavy atom. The highest BCUT2D eigenvalue weighted by Gasteiger charge is 2.26. The number of halogens is 1. The molecule has 0 radical (unpaired) electrons. The van der Waals surface area contributed by atoms with E-state index in [0.717, 1.165) is 29.7 Å². The van der Waals surface area contributed by atoms with Gasteiger partial charge in [-0.25, -0.2) is 0 Å². The summed E-state index contributed by atoms with van der Waals surface area (Å²) in [5, 5.41) is 2.94. The van der Waals surface area contributed by atoms with Crippen molar-refractivity contribution in [2.45, 2.75) is 52.3 Å². The highest BCUT2D eigenvalue weighted by molar-refractivity contribution is 5.85. The Morgan fingerprint density at radius 1 is 1.38 bits per heavy atom. The smallest absolute Gasteiger partial charge is 0.237 e. The van der Waals surface area contributed by atoms with Gasteiger partial charge in [-0.1, -0.05) is 12.1 Å². The summed E-state index contributed by atoms with van der Waals surface area (Å²) < 4.78 is 11.2. The molecule has 1 fully saturated rings. The molecule has 0 aromatic heterocycles. The predicted molar refractivity (Wildman–Crippen MR) is 97.6 cm³/mol. The number of hydrogen-bond donors (Lipinski definition) is 2. The number of carbonyl (C=O) groups excluding carboxylic acids is 1. The Kier molecular flexibility index (Phi) is 8.53. The van der Waals surface area contributed by atoms with Gasteiger partial charge in [0.05, 0.1) is 12.1 Å². The third-order valence-corrected chi connectivity index (χ3v) is 4.11. The van der Waals surface area contributed by atoms with Crippen molar-refractivity contribution in [3.8, 4) is 5.75 Å². The summed E-state index contributed by atoms with van der Waals surface area (Å²) in [5.74, 6) is 0.918. The maximum absolute atomic E-state index is 12.3. The van der Waals surface area contributed by atoms with Crippen LogP contribution in [0.4, 0.5) is 0 Å². The van der Waals surface area contributed by atoms with E-state index in [-0.39, 0.29) is 30.3 Å². The molecule has 0 aliphatic carbocycles. The molecule has 1 atom stereocenters. The molecule has 6 heteroatoms. The molecule has 24 heavy (non-hydrogen) atoms. The van der Waals surface area contributed by atoms with Crippen LogP contribution in [0, 0.1) is 12.8 Å². The molecule has 1 aromatic carbocycles. The van der Waals surface area contributed by atoms with E-state index in [4.69, 9.17) is 15.2 Å². The third kappa shape index (κ3) is 5.96.